The topological polar surface area (TPSA) is 29.1 Å². The summed E-state index contributed by atoms with van der Waals surface area (Å²) in [6.45, 7) is 1.69. The van der Waals surface area contributed by atoms with Gasteiger partial charge in [0.1, 0.15) is 5.82 Å². The lowest BCUT2D eigenvalue weighted by Gasteiger charge is -2.06. The molecular weight excluding hydrogens is 272 g/mol. The van der Waals surface area contributed by atoms with Gasteiger partial charge in [0.15, 0.2) is 0 Å². The van der Waals surface area contributed by atoms with Gasteiger partial charge in [-0.05, 0) is 25.1 Å². The highest BCUT2D eigenvalue weighted by Gasteiger charge is 2.09. The molecule has 0 saturated carbocycles. The van der Waals surface area contributed by atoms with Gasteiger partial charge in [0.25, 0.3) is 0 Å². The zero-order valence-corrected chi connectivity index (χ0v) is 9.69. The SMILES string of the molecule is CC(Br)C(=O)Nc1ccc(F)c(Cl)c1. The zero-order valence-electron chi connectivity index (χ0n) is 7.35. The van der Waals surface area contributed by atoms with Crippen LogP contribution < -0.4 is 5.32 Å². The highest BCUT2D eigenvalue weighted by Crippen LogP contribution is 2.19. The maximum absolute atomic E-state index is 12.7. The quantitative estimate of drug-likeness (QED) is 0.828. The van der Waals surface area contributed by atoms with Crippen molar-refractivity contribution in [3.8, 4) is 0 Å². The van der Waals surface area contributed by atoms with E-state index in [0.29, 0.717) is 5.69 Å². The Kier molecular flexibility index (Phi) is 3.89. The first kappa shape index (κ1) is 11.5. The third-order valence-electron chi connectivity index (χ3n) is 1.55. The molecule has 0 saturated heterocycles. The van der Waals surface area contributed by atoms with E-state index in [9.17, 15) is 9.18 Å². The van der Waals surface area contributed by atoms with E-state index in [1.165, 1.54) is 18.2 Å². The first-order valence-electron chi connectivity index (χ1n) is 3.90. The van der Waals surface area contributed by atoms with Crippen LogP contribution in [0.15, 0.2) is 18.2 Å². The van der Waals surface area contributed by atoms with Crippen LogP contribution in [0.4, 0.5) is 10.1 Å². The summed E-state index contributed by atoms with van der Waals surface area (Å²) < 4.78 is 12.7. The predicted molar refractivity (Wildman–Crippen MR) is 58.4 cm³/mol. The minimum atomic E-state index is -0.503. The fraction of sp³-hybridized carbons (Fsp3) is 0.222. The Morgan fingerprint density at radius 1 is 1.64 bits per heavy atom. The van der Waals surface area contributed by atoms with E-state index in [-0.39, 0.29) is 15.8 Å². The van der Waals surface area contributed by atoms with Gasteiger partial charge in [-0.25, -0.2) is 4.39 Å². The molecule has 14 heavy (non-hydrogen) atoms. The van der Waals surface area contributed by atoms with Gasteiger partial charge in [-0.3, -0.25) is 4.79 Å². The molecule has 1 aromatic carbocycles. The Labute approximate surface area is 94.6 Å². The van der Waals surface area contributed by atoms with Gasteiger partial charge in [-0.1, -0.05) is 27.5 Å². The minimum Gasteiger partial charge on any atom is -0.325 e. The second kappa shape index (κ2) is 4.75. The summed E-state index contributed by atoms with van der Waals surface area (Å²) in [6, 6.07) is 4.02. The van der Waals surface area contributed by atoms with Crippen molar-refractivity contribution in [3.63, 3.8) is 0 Å². The van der Waals surface area contributed by atoms with Crippen LogP contribution in [0.2, 0.25) is 5.02 Å². The number of amides is 1. The lowest BCUT2D eigenvalue weighted by molar-refractivity contribution is -0.115. The largest absolute Gasteiger partial charge is 0.325 e. The van der Waals surface area contributed by atoms with Crippen LogP contribution in [-0.4, -0.2) is 10.7 Å². The van der Waals surface area contributed by atoms with Crippen LogP contribution in [0.1, 0.15) is 6.92 Å². The van der Waals surface area contributed by atoms with E-state index >= 15 is 0 Å². The predicted octanol–water partition coefficient (Wildman–Crippen LogP) is 3.20. The number of nitrogens with one attached hydrogen (secondary N) is 1. The van der Waals surface area contributed by atoms with Gasteiger partial charge in [-0.2, -0.15) is 0 Å². The van der Waals surface area contributed by atoms with Crippen molar-refractivity contribution in [1.82, 2.24) is 0 Å². The number of hydrogen-bond acceptors (Lipinski definition) is 1. The Hall–Kier alpha value is -0.610. The molecule has 0 aromatic heterocycles. The van der Waals surface area contributed by atoms with Crippen molar-refractivity contribution in [2.24, 2.45) is 0 Å². The summed E-state index contributed by atoms with van der Waals surface area (Å²) in [5.41, 5.74) is 0.479. The number of benzene rings is 1. The van der Waals surface area contributed by atoms with Crippen molar-refractivity contribution < 1.29 is 9.18 Å². The Balaban J connectivity index is 2.78. The smallest absolute Gasteiger partial charge is 0.237 e. The highest BCUT2D eigenvalue weighted by molar-refractivity contribution is 9.10. The molecule has 0 spiro atoms. The van der Waals surface area contributed by atoms with E-state index in [4.69, 9.17) is 11.6 Å². The summed E-state index contributed by atoms with van der Waals surface area (Å²) >= 11 is 8.65. The summed E-state index contributed by atoms with van der Waals surface area (Å²) in [7, 11) is 0. The number of rotatable bonds is 2. The fourth-order valence-corrected chi connectivity index (χ4v) is 1.11. The first-order chi connectivity index (χ1) is 6.50. The van der Waals surface area contributed by atoms with Crippen molar-refractivity contribution in [2.75, 3.05) is 5.32 Å². The molecule has 0 bridgehead atoms. The Morgan fingerprint density at radius 3 is 2.79 bits per heavy atom. The van der Waals surface area contributed by atoms with E-state index in [1.807, 2.05) is 0 Å². The Morgan fingerprint density at radius 2 is 2.29 bits per heavy atom. The van der Waals surface area contributed by atoms with E-state index < -0.39 is 5.82 Å². The van der Waals surface area contributed by atoms with Gasteiger partial charge in [0, 0.05) is 5.69 Å². The molecular formula is C9H8BrClFNO. The van der Waals surface area contributed by atoms with Gasteiger partial charge in [0.2, 0.25) is 5.91 Å². The molecule has 1 aromatic rings. The second-order valence-corrected chi connectivity index (χ2v) is 4.51. The standard InChI is InChI=1S/C9H8BrClFNO/c1-5(10)9(14)13-6-2-3-8(12)7(11)4-6/h2-5H,1H3,(H,13,14). The molecule has 5 heteroatoms. The van der Waals surface area contributed by atoms with E-state index in [1.54, 1.807) is 6.92 Å². The third-order valence-corrected chi connectivity index (χ3v) is 2.25. The van der Waals surface area contributed by atoms with Gasteiger partial charge in [-0.15, -0.1) is 0 Å². The number of carbonyl (C=O) groups is 1. The fourth-order valence-electron chi connectivity index (χ4n) is 0.816. The first-order valence-corrected chi connectivity index (χ1v) is 5.20. The van der Waals surface area contributed by atoms with Crippen molar-refractivity contribution in [3.05, 3.63) is 29.0 Å². The lowest BCUT2D eigenvalue weighted by Crippen LogP contribution is -2.19. The molecule has 0 heterocycles. The lowest BCUT2D eigenvalue weighted by atomic mass is 10.3. The number of alkyl halides is 1. The second-order valence-electron chi connectivity index (χ2n) is 2.73. The summed E-state index contributed by atoms with van der Waals surface area (Å²) in [6.07, 6.45) is 0. The monoisotopic (exact) mass is 279 g/mol. The molecule has 0 aliphatic heterocycles. The molecule has 76 valence electrons. The van der Waals surface area contributed by atoms with Crippen LogP contribution >= 0.6 is 27.5 Å². The van der Waals surface area contributed by atoms with Crippen molar-refractivity contribution in [2.45, 2.75) is 11.8 Å². The average molecular weight is 281 g/mol. The highest BCUT2D eigenvalue weighted by atomic mass is 79.9. The zero-order chi connectivity index (χ0) is 10.7. The summed E-state index contributed by atoms with van der Waals surface area (Å²) in [4.78, 5) is 10.9. The molecule has 1 atom stereocenters. The minimum absolute atomic E-state index is 0.00924. The maximum Gasteiger partial charge on any atom is 0.237 e. The molecule has 0 radical (unpaired) electrons. The van der Waals surface area contributed by atoms with Crippen LogP contribution in [0.25, 0.3) is 0 Å². The van der Waals surface area contributed by atoms with Crippen LogP contribution in [0, 0.1) is 5.82 Å². The molecule has 1 amide bonds. The molecule has 2 nitrogen and oxygen atoms in total. The van der Waals surface area contributed by atoms with Gasteiger partial charge >= 0.3 is 0 Å². The Bertz CT molecular complexity index is 357. The molecule has 0 fully saturated rings. The van der Waals surface area contributed by atoms with Crippen molar-refractivity contribution in [1.29, 1.82) is 0 Å². The number of hydrogen-bond donors (Lipinski definition) is 1. The summed E-state index contributed by atoms with van der Waals surface area (Å²) in [5.74, 6) is -0.704. The number of halogens is 3. The molecule has 1 rings (SSSR count). The maximum atomic E-state index is 12.7. The average Bonchev–Trinajstić information content (AvgIpc) is 2.11. The molecule has 1 N–H and O–H groups in total. The van der Waals surface area contributed by atoms with Crippen LogP contribution in [0.5, 0.6) is 0 Å². The summed E-state index contributed by atoms with van der Waals surface area (Å²) in [5, 5.41) is 2.56. The van der Waals surface area contributed by atoms with Gasteiger partial charge in [0.05, 0.1) is 9.85 Å². The van der Waals surface area contributed by atoms with Gasteiger partial charge < -0.3 is 5.32 Å². The van der Waals surface area contributed by atoms with Crippen molar-refractivity contribution >= 4 is 39.1 Å². The molecule has 0 aliphatic rings. The molecule has 1 unspecified atom stereocenters. The third kappa shape index (κ3) is 2.96. The van der Waals surface area contributed by atoms with Crippen LogP contribution in [-0.2, 0) is 4.79 Å². The number of anilines is 1. The van der Waals surface area contributed by atoms with Crippen LogP contribution in [0.3, 0.4) is 0 Å². The number of carbonyl (C=O) groups excluding carboxylic acids is 1. The normalized spacial score (nSPS) is 12.3. The van der Waals surface area contributed by atoms with E-state index in [2.05, 4.69) is 21.2 Å². The van der Waals surface area contributed by atoms with E-state index in [0.717, 1.165) is 0 Å². The molecule has 0 aliphatic carbocycles.